The first-order chi connectivity index (χ1) is 11.7. The van der Waals surface area contributed by atoms with E-state index in [2.05, 4.69) is 37.1 Å². The molecule has 0 amide bonds. The highest BCUT2D eigenvalue weighted by Crippen LogP contribution is 2.20. The lowest BCUT2D eigenvalue weighted by Gasteiger charge is -2.29. The first-order valence-electron chi connectivity index (χ1n) is 8.02. The third kappa shape index (κ3) is 3.80. The van der Waals surface area contributed by atoms with Crippen LogP contribution in [0.25, 0.3) is 5.70 Å². The van der Waals surface area contributed by atoms with Gasteiger partial charge in [-0.25, -0.2) is 9.97 Å². The van der Waals surface area contributed by atoms with Gasteiger partial charge in [0, 0.05) is 31.5 Å². The molecule has 0 unspecified atom stereocenters. The van der Waals surface area contributed by atoms with E-state index in [4.69, 9.17) is 0 Å². The molecule has 126 valence electrons. The zero-order chi connectivity index (χ0) is 16.9. The van der Waals surface area contributed by atoms with Gasteiger partial charge in [0.2, 0.25) is 11.9 Å². The topological polar surface area (TPSA) is 86.2 Å². The molecule has 1 aliphatic heterocycles. The minimum atomic E-state index is -0.219. The third-order valence-electron chi connectivity index (χ3n) is 4.08. The summed E-state index contributed by atoms with van der Waals surface area (Å²) < 4.78 is 0. The molecule has 1 aromatic heterocycles. The average Bonchev–Trinajstić information content (AvgIpc) is 2.62. The quantitative estimate of drug-likeness (QED) is 0.772. The predicted molar refractivity (Wildman–Crippen MR) is 95.1 cm³/mol. The lowest BCUT2D eigenvalue weighted by Crippen LogP contribution is -2.36. The molecule has 2 heterocycles. The van der Waals surface area contributed by atoms with Gasteiger partial charge in [0.1, 0.15) is 6.33 Å². The van der Waals surface area contributed by atoms with Gasteiger partial charge in [0.15, 0.2) is 0 Å². The summed E-state index contributed by atoms with van der Waals surface area (Å²) in [4.78, 5) is 15.0. The summed E-state index contributed by atoms with van der Waals surface area (Å²) in [6.45, 7) is 5.47. The van der Waals surface area contributed by atoms with Crippen LogP contribution in [0.4, 0.5) is 17.6 Å². The van der Waals surface area contributed by atoms with Gasteiger partial charge in [-0.3, -0.25) is 0 Å². The Bertz CT molecular complexity index is 712. The van der Waals surface area contributed by atoms with Gasteiger partial charge in [-0.1, -0.05) is 18.7 Å². The van der Waals surface area contributed by atoms with Crippen molar-refractivity contribution in [1.82, 2.24) is 20.3 Å². The van der Waals surface area contributed by atoms with Crippen molar-refractivity contribution in [3.8, 4) is 0 Å². The van der Waals surface area contributed by atoms with Crippen LogP contribution < -0.4 is 15.5 Å². The Kier molecular flexibility index (Phi) is 4.90. The molecule has 0 bridgehead atoms. The first kappa shape index (κ1) is 16.2. The van der Waals surface area contributed by atoms with E-state index in [1.165, 1.54) is 6.33 Å². The molecule has 1 aliphatic rings. The molecule has 7 nitrogen and oxygen atoms in total. The highest BCUT2D eigenvalue weighted by Gasteiger charge is 2.19. The summed E-state index contributed by atoms with van der Waals surface area (Å²) in [7, 11) is 1.84. The number of aliphatic hydroxyl groups is 1. The van der Waals surface area contributed by atoms with Crippen molar-refractivity contribution in [3.63, 3.8) is 0 Å². The van der Waals surface area contributed by atoms with Crippen LogP contribution in [0.2, 0.25) is 0 Å². The fraction of sp³-hybridized carbons (Fsp3) is 0.353. The third-order valence-corrected chi connectivity index (χ3v) is 4.08. The lowest BCUT2D eigenvalue weighted by molar-refractivity contribution is 0.145. The summed E-state index contributed by atoms with van der Waals surface area (Å²) in [5, 5.41) is 15.9. The summed E-state index contributed by atoms with van der Waals surface area (Å²) in [5.74, 6) is 1.13. The van der Waals surface area contributed by atoms with Crippen LogP contribution in [0.5, 0.6) is 0 Å². The molecular formula is C17H22N6O. The van der Waals surface area contributed by atoms with Crippen LogP contribution in [0.15, 0.2) is 37.2 Å². The van der Waals surface area contributed by atoms with E-state index < -0.39 is 0 Å². The van der Waals surface area contributed by atoms with Crippen molar-refractivity contribution in [2.45, 2.75) is 18.9 Å². The predicted octanol–water partition coefficient (Wildman–Crippen LogP) is 1.77. The summed E-state index contributed by atoms with van der Waals surface area (Å²) in [5.41, 5.74) is 2.73. The second-order valence-electron chi connectivity index (χ2n) is 5.76. The van der Waals surface area contributed by atoms with Crippen molar-refractivity contribution in [3.05, 3.63) is 42.7 Å². The number of piperidine rings is 1. The molecule has 3 rings (SSSR count). The Hall–Kier alpha value is -2.67. The number of aliphatic hydroxyl groups excluding tert-OH is 1. The van der Waals surface area contributed by atoms with E-state index in [0.717, 1.165) is 42.9 Å². The Balaban J connectivity index is 1.74. The second-order valence-corrected chi connectivity index (χ2v) is 5.76. The van der Waals surface area contributed by atoms with Crippen LogP contribution in [0.3, 0.4) is 0 Å². The van der Waals surface area contributed by atoms with Crippen LogP contribution in [0, 0.1) is 0 Å². The molecule has 24 heavy (non-hydrogen) atoms. The SMILES string of the molecule is C=C(NC)c1cccc(Nc2ncnc(N3CCC(O)CC3)n2)c1. The molecular weight excluding hydrogens is 304 g/mol. The van der Waals surface area contributed by atoms with E-state index >= 15 is 0 Å². The minimum absolute atomic E-state index is 0.219. The van der Waals surface area contributed by atoms with E-state index in [0.29, 0.717) is 11.9 Å². The van der Waals surface area contributed by atoms with Gasteiger partial charge in [0.05, 0.1) is 6.10 Å². The monoisotopic (exact) mass is 326 g/mol. The maximum absolute atomic E-state index is 9.61. The molecule has 2 aromatic rings. The van der Waals surface area contributed by atoms with E-state index in [1.807, 2.05) is 31.3 Å². The molecule has 3 N–H and O–H groups in total. The van der Waals surface area contributed by atoms with E-state index in [-0.39, 0.29) is 6.10 Å². The average molecular weight is 326 g/mol. The van der Waals surface area contributed by atoms with Crippen LogP contribution >= 0.6 is 0 Å². The Labute approximate surface area is 141 Å². The van der Waals surface area contributed by atoms with Gasteiger partial charge in [0.25, 0.3) is 0 Å². The van der Waals surface area contributed by atoms with Gasteiger partial charge in [-0.05, 0) is 30.5 Å². The molecule has 0 atom stereocenters. The molecule has 0 spiro atoms. The molecule has 0 saturated carbocycles. The largest absolute Gasteiger partial charge is 0.393 e. The van der Waals surface area contributed by atoms with Crippen molar-refractivity contribution in [2.24, 2.45) is 0 Å². The fourth-order valence-electron chi connectivity index (χ4n) is 2.62. The summed E-state index contributed by atoms with van der Waals surface area (Å²) in [6.07, 6.45) is 2.76. The highest BCUT2D eigenvalue weighted by molar-refractivity contribution is 5.67. The van der Waals surface area contributed by atoms with Crippen molar-refractivity contribution in [1.29, 1.82) is 0 Å². The van der Waals surface area contributed by atoms with Crippen molar-refractivity contribution < 1.29 is 5.11 Å². The highest BCUT2D eigenvalue weighted by atomic mass is 16.3. The second kappa shape index (κ2) is 7.27. The van der Waals surface area contributed by atoms with Gasteiger partial charge >= 0.3 is 0 Å². The maximum atomic E-state index is 9.61. The standard InChI is InChI=1S/C17H22N6O/c1-12(18-2)13-4-3-5-14(10-13)21-16-19-11-20-17(22-16)23-8-6-15(24)7-9-23/h3-5,10-11,15,18,24H,1,6-9H2,2H3,(H,19,20,21,22). The van der Waals surface area contributed by atoms with Gasteiger partial charge < -0.3 is 20.6 Å². The van der Waals surface area contributed by atoms with E-state index in [9.17, 15) is 5.11 Å². The Morgan fingerprint density at radius 1 is 1.29 bits per heavy atom. The molecule has 1 fully saturated rings. The molecule has 7 heteroatoms. The summed E-state index contributed by atoms with van der Waals surface area (Å²) in [6, 6.07) is 7.88. The van der Waals surface area contributed by atoms with Gasteiger partial charge in [-0.15, -0.1) is 0 Å². The van der Waals surface area contributed by atoms with Crippen LogP contribution in [0.1, 0.15) is 18.4 Å². The Morgan fingerprint density at radius 3 is 2.83 bits per heavy atom. The van der Waals surface area contributed by atoms with Crippen molar-refractivity contribution in [2.75, 3.05) is 30.4 Å². The fourth-order valence-corrected chi connectivity index (χ4v) is 2.62. The number of nitrogens with one attached hydrogen (secondary N) is 2. The van der Waals surface area contributed by atoms with Crippen LogP contribution in [-0.2, 0) is 0 Å². The number of hydrogen-bond acceptors (Lipinski definition) is 7. The minimum Gasteiger partial charge on any atom is -0.393 e. The molecule has 0 aliphatic carbocycles. The zero-order valence-corrected chi connectivity index (χ0v) is 13.7. The molecule has 1 aromatic carbocycles. The van der Waals surface area contributed by atoms with Crippen molar-refractivity contribution >= 4 is 23.3 Å². The lowest BCUT2D eigenvalue weighted by atomic mass is 10.1. The number of hydrogen-bond donors (Lipinski definition) is 3. The molecule has 1 saturated heterocycles. The number of benzene rings is 1. The number of aromatic nitrogens is 3. The first-order valence-corrected chi connectivity index (χ1v) is 8.02. The number of nitrogens with zero attached hydrogens (tertiary/aromatic N) is 4. The molecule has 0 radical (unpaired) electrons. The smallest absolute Gasteiger partial charge is 0.231 e. The summed E-state index contributed by atoms with van der Waals surface area (Å²) >= 11 is 0. The normalized spacial score (nSPS) is 15.2. The van der Waals surface area contributed by atoms with Crippen LogP contribution in [-0.4, -0.2) is 46.3 Å². The zero-order valence-electron chi connectivity index (χ0n) is 13.7. The Morgan fingerprint density at radius 2 is 2.08 bits per heavy atom. The number of anilines is 3. The maximum Gasteiger partial charge on any atom is 0.231 e. The van der Waals surface area contributed by atoms with E-state index in [1.54, 1.807) is 0 Å². The number of rotatable bonds is 5. The van der Waals surface area contributed by atoms with Gasteiger partial charge in [-0.2, -0.15) is 4.98 Å².